The van der Waals surface area contributed by atoms with Gasteiger partial charge in [-0.2, -0.15) is 0 Å². The third-order valence-corrected chi connectivity index (χ3v) is 6.50. The number of halogens is 2. The quantitative estimate of drug-likeness (QED) is 0.372. The third-order valence-electron chi connectivity index (χ3n) is 5.95. The number of likely N-dealkylation sites (tertiary alicyclic amines) is 1. The molecule has 0 saturated carbocycles. The van der Waals surface area contributed by atoms with Gasteiger partial charge in [-0.15, -0.1) is 0 Å². The van der Waals surface area contributed by atoms with Crippen LogP contribution in [0.4, 0.5) is 0 Å². The number of nitrogens with one attached hydrogen (secondary N) is 1. The minimum atomic E-state index is -0.938. The lowest BCUT2D eigenvalue weighted by atomic mass is 10.00. The molecule has 11 heteroatoms. The summed E-state index contributed by atoms with van der Waals surface area (Å²) in [6.45, 7) is 0.515. The van der Waals surface area contributed by atoms with Gasteiger partial charge in [-0.1, -0.05) is 35.3 Å². The van der Waals surface area contributed by atoms with Crippen LogP contribution in [0, 0.1) is 0 Å². The first kappa shape index (κ1) is 25.5. The summed E-state index contributed by atoms with van der Waals surface area (Å²) in [6.07, 6.45) is 3.82. The number of esters is 1. The monoisotopic (exact) mass is 530 g/mol. The standard InChI is InChI=1S/C25H24Cl2N4O5/c26-15-6-9-17(18(27)12-15)24-30-20(25(35)36-24)13-31-10-2-1-3-21(31)23(34)29-19(22(28)33)11-14-4-7-16(32)8-5-14/h4-9,12-13,19,21,32H,1-3,10-11H2,(H2,28,33)(H,29,34)/b20-13-/t19-,21?/m0/s1. The summed E-state index contributed by atoms with van der Waals surface area (Å²) in [5, 5.41) is 12.9. The number of ether oxygens (including phenoxy) is 1. The molecule has 1 unspecified atom stereocenters. The molecule has 2 aliphatic heterocycles. The Morgan fingerprint density at radius 1 is 1.22 bits per heavy atom. The van der Waals surface area contributed by atoms with Gasteiger partial charge in [0.25, 0.3) is 0 Å². The van der Waals surface area contributed by atoms with Crippen LogP contribution < -0.4 is 11.1 Å². The first-order valence-electron chi connectivity index (χ1n) is 11.3. The lowest BCUT2D eigenvalue weighted by molar-refractivity contribution is -0.131. The maximum Gasteiger partial charge on any atom is 0.365 e. The Kier molecular flexibility index (Phi) is 7.81. The molecule has 2 aliphatic rings. The number of carbonyl (C=O) groups is 3. The number of piperidine rings is 1. The van der Waals surface area contributed by atoms with Crippen LogP contribution in [0.5, 0.6) is 5.75 Å². The summed E-state index contributed by atoms with van der Waals surface area (Å²) in [5.41, 5.74) is 6.73. The van der Waals surface area contributed by atoms with E-state index >= 15 is 0 Å². The Morgan fingerprint density at radius 2 is 1.97 bits per heavy atom. The van der Waals surface area contributed by atoms with Crippen molar-refractivity contribution < 1.29 is 24.2 Å². The van der Waals surface area contributed by atoms with Crippen LogP contribution >= 0.6 is 23.2 Å². The van der Waals surface area contributed by atoms with E-state index in [0.29, 0.717) is 23.6 Å². The first-order chi connectivity index (χ1) is 17.2. The van der Waals surface area contributed by atoms with Gasteiger partial charge in [0.15, 0.2) is 5.70 Å². The number of phenolic OH excluding ortho intramolecular Hbond substituents is 1. The number of nitrogens with two attached hydrogens (primary N) is 1. The van der Waals surface area contributed by atoms with Crippen LogP contribution in [0.2, 0.25) is 10.0 Å². The molecule has 2 heterocycles. The fourth-order valence-electron chi connectivity index (χ4n) is 4.08. The van der Waals surface area contributed by atoms with Gasteiger partial charge in [-0.25, -0.2) is 9.79 Å². The second-order valence-electron chi connectivity index (χ2n) is 8.53. The van der Waals surface area contributed by atoms with Crippen molar-refractivity contribution in [2.45, 2.75) is 37.8 Å². The number of primary amides is 1. The number of carbonyl (C=O) groups excluding carboxylic acids is 3. The zero-order chi connectivity index (χ0) is 25.8. The van der Waals surface area contributed by atoms with Crippen molar-refractivity contribution in [3.05, 3.63) is 75.5 Å². The highest BCUT2D eigenvalue weighted by atomic mass is 35.5. The van der Waals surface area contributed by atoms with E-state index in [1.807, 2.05) is 0 Å². The molecular formula is C25H24Cl2N4O5. The molecule has 0 aliphatic carbocycles. The Morgan fingerprint density at radius 3 is 2.67 bits per heavy atom. The molecule has 0 bridgehead atoms. The van der Waals surface area contributed by atoms with Crippen LogP contribution in [-0.2, 0) is 25.5 Å². The van der Waals surface area contributed by atoms with Crippen molar-refractivity contribution >= 4 is 46.9 Å². The van der Waals surface area contributed by atoms with Gasteiger partial charge in [0.2, 0.25) is 17.7 Å². The van der Waals surface area contributed by atoms with Crippen molar-refractivity contribution in [1.82, 2.24) is 10.2 Å². The Hall–Kier alpha value is -3.56. The van der Waals surface area contributed by atoms with Gasteiger partial charge in [0.05, 0.1) is 10.6 Å². The number of nitrogens with zero attached hydrogens (tertiary/aromatic N) is 2. The van der Waals surface area contributed by atoms with E-state index in [2.05, 4.69) is 10.3 Å². The summed E-state index contributed by atoms with van der Waals surface area (Å²) in [5.74, 6) is -1.58. The van der Waals surface area contributed by atoms with E-state index in [4.69, 9.17) is 33.7 Å². The molecule has 9 nitrogen and oxygen atoms in total. The highest BCUT2D eigenvalue weighted by molar-refractivity contribution is 6.37. The van der Waals surface area contributed by atoms with Crippen molar-refractivity contribution in [2.75, 3.05) is 6.54 Å². The topological polar surface area (TPSA) is 134 Å². The zero-order valence-electron chi connectivity index (χ0n) is 19.1. The van der Waals surface area contributed by atoms with Crippen molar-refractivity contribution in [1.29, 1.82) is 0 Å². The molecule has 4 rings (SSSR count). The SMILES string of the molecule is NC(=O)[C@H](Cc1ccc(O)cc1)NC(=O)C1CCCCN1/C=C1\N=C(c2ccc(Cl)cc2Cl)OC1=O. The molecule has 2 aromatic carbocycles. The fraction of sp³-hybridized carbons (Fsp3) is 0.280. The van der Waals surface area contributed by atoms with Crippen molar-refractivity contribution in [3.8, 4) is 5.75 Å². The van der Waals surface area contributed by atoms with E-state index in [1.165, 1.54) is 24.4 Å². The highest BCUT2D eigenvalue weighted by Crippen LogP contribution is 2.27. The van der Waals surface area contributed by atoms with E-state index in [-0.39, 0.29) is 34.7 Å². The fourth-order valence-corrected chi connectivity index (χ4v) is 4.57. The summed E-state index contributed by atoms with van der Waals surface area (Å²) in [7, 11) is 0. The molecule has 0 aromatic heterocycles. The lowest BCUT2D eigenvalue weighted by Gasteiger charge is -2.34. The van der Waals surface area contributed by atoms with Gasteiger partial charge < -0.3 is 25.8 Å². The van der Waals surface area contributed by atoms with Gasteiger partial charge in [0.1, 0.15) is 17.8 Å². The molecule has 2 aromatic rings. The first-order valence-corrected chi connectivity index (χ1v) is 12.1. The second kappa shape index (κ2) is 11.0. The second-order valence-corrected chi connectivity index (χ2v) is 9.37. The van der Waals surface area contributed by atoms with Gasteiger partial charge in [0, 0.05) is 24.2 Å². The largest absolute Gasteiger partial charge is 0.508 e. The summed E-state index contributed by atoms with van der Waals surface area (Å²) < 4.78 is 5.30. The van der Waals surface area contributed by atoms with E-state index in [1.54, 1.807) is 29.2 Å². The summed E-state index contributed by atoms with van der Waals surface area (Å²) >= 11 is 12.1. The molecule has 2 amide bonds. The number of amides is 2. The van der Waals surface area contributed by atoms with Gasteiger partial charge in [-0.05, 0) is 55.2 Å². The van der Waals surface area contributed by atoms with Crippen LogP contribution in [0.1, 0.15) is 30.4 Å². The van der Waals surface area contributed by atoms with Crippen LogP contribution in [0.25, 0.3) is 0 Å². The normalized spacial score (nSPS) is 19.6. The molecule has 1 saturated heterocycles. The van der Waals surface area contributed by atoms with Crippen molar-refractivity contribution in [2.24, 2.45) is 10.7 Å². The number of benzene rings is 2. The molecule has 2 atom stereocenters. The molecule has 0 spiro atoms. The minimum absolute atomic E-state index is 0.0336. The zero-order valence-corrected chi connectivity index (χ0v) is 20.6. The average molecular weight is 531 g/mol. The van der Waals surface area contributed by atoms with Crippen LogP contribution in [0.3, 0.4) is 0 Å². The highest BCUT2D eigenvalue weighted by Gasteiger charge is 2.32. The minimum Gasteiger partial charge on any atom is -0.508 e. The summed E-state index contributed by atoms with van der Waals surface area (Å²) in [4.78, 5) is 43.7. The number of hydrogen-bond acceptors (Lipinski definition) is 7. The maximum atomic E-state index is 13.2. The Labute approximate surface area is 217 Å². The van der Waals surface area contributed by atoms with Crippen LogP contribution in [-0.4, -0.2) is 52.3 Å². The van der Waals surface area contributed by atoms with Gasteiger partial charge >= 0.3 is 5.97 Å². The van der Waals surface area contributed by atoms with E-state index in [0.717, 1.165) is 18.4 Å². The number of phenols is 1. The Bertz CT molecular complexity index is 1250. The number of aliphatic imine (C=N–C) groups is 1. The Balaban J connectivity index is 1.51. The number of cyclic esters (lactones) is 1. The molecule has 188 valence electrons. The summed E-state index contributed by atoms with van der Waals surface area (Å²) in [6, 6.07) is 9.48. The number of hydrogen-bond donors (Lipinski definition) is 3. The molecular weight excluding hydrogens is 507 g/mol. The average Bonchev–Trinajstić information content (AvgIpc) is 3.19. The van der Waals surface area contributed by atoms with Crippen molar-refractivity contribution in [3.63, 3.8) is 0 Å². The molecule has 4 N–H and O–H groups in total. The predicted octanol–water partition coefficient (Wildman–Crippen LogP) is 2.91. The van der Waals surface area contributed by atoms with E-state index < -0.39 is 24.0 Å². The molecule has 36 heavy (non-hydrogen) atoms. The molecule has 0 radical (unpaired) electrons. The third kappa shape index (κ3) is 5.98. The van der Waals surface area contributed by atoms with Gasteiger partial charge in [-0.3, -0.25) is 9.59 Å². The predicted molar refractivity (Wildman–Crippen MR) is 134 cm³/mol. The number of rotatable bonds is 7. The van der Waals surface area contributed by atoms with Crippen LogP contribution in [0.15, 0.2) is 59.4 Å². The van der Waals surface area contributed by atoms with E-state index in [9.17, 15) is 19.5 Å². The number of aromatic hydroxyl groups is 1. The smallest absolute Gasteiger partial charge is 0.365 e. The molecule has 1 fully saturated rings. The maximum absolute atomic E-state index is 13.2. The lowest BCUT2D eigenvalue weighted by Crippen LogP contribution is -2.53.